The predicted octanol–water partition coefficient (Wildman–Crippen LogP) is 2.65. The molecule has 0 radical (unpaired) electrons. The molecule has 0 bridgehead atoms. The van der Waals surface area contributed by atoms with Crippen molar-refractivity contribution in [2.75, 3.05) is 30.0 Å². The largest absolute Gasteiger partial charge is 0.382 e. The van der Waals surface area contributed by atoms with E-state index in [1.54, 1.807) is 0 Å². The zero-order chi connectivity index (χ0) is 23.3. The summed E-state index contributed by atoms with van der Waals surface area (Å²) in [5.74, 6) is -0.0921. The Hall–Kier alpha value is -2.10. The zero-order valence-electron chi connectivity index (χ0n) is 18.7. The molecular weight excluding hydrogens is 450 g/mol. The summed E-state index contributed by atoms with van der Waals surface area (Å²) in [5, 5.41) is 0.252. The number of nitrogens with zero attached hydrogens (tertiary/aromatic N) is 4. The molecule has 2 fully saturated rings. The first-order valence-corrected chi connectivity index (χ1v) is 13.1. The quantitative estimate of drug-likeness (QED) is 0.635. The van der Waals surface area contributed by atoms with Gasteiger partial charge in [0.1, 0.15) is 5.69 Å². The highest BCUT2D eigenvalue weighted by Crippen LogP contribution is 2.52. The Morgan fingerprint density at radius 1 is 1.28 bits per heavy atom. The van der Waals surface area contributed by atoms with E-state index >= 15 is 0 Å². The van der Waals surface area contributed by atoms with Crippen LogP contribution in [-0.4, -0.2) is 48.4 Å². The van der Waals surface area contributed by atoms with Gasteiger partial charge < -0.3 is 10.6 Å². The van der Waals surface area contributed by atoms with Gasteiger partial charge in [0, 0.05) is 38.0 Å². The van der Waals surface area contributed by atoms with Gasteiger partial charge in [-0.05, 0) is 49.7 Å². The van der Waals surface area contributed by atoms with E-state index in [-0.39, 0.29) is 22.8 Å². The predicted molar refractivity (Wildman–Crippen MR) is 127 cm³/mol. The maximum Gasteiger partial charge on any atom is 0.279 e. The van der Waals surface area contributed by atoms with Crippen molar-refractivity contribution in [3.8, 4) is 0 Å². The number of anilines is 2. The van der Waals surface area contributed by atoms with Crippen molar-refractivity contribution in [2.24, 2.45) is 12.5 Å². The summed E-state index contributed by atoms with van der Waals surface area (Å²) in [5.41, 5.74) is 7.19. The van der Waals surface area contributed by atoms with Crippen LogP contribution >= 0.6 is 11.6 Å². The molecule has 2 aliphatic rings. The molecule has 2 heterocycles. The topological polar surface area (TPSA) is 102 Å². The highest BCUT2D eigenvalue weighted by atomic mass is 35.5. The second-order valence-electron chi connectivity index (χ2n) is 9.19. The molecule has 0 amide bonds. The lowest BCUT2D eigenvalue weighted by molar-refractivity contribution is 0.116. The van der Waals surface area contributed by atoms with Crippen LogP contribution in [0.2, 0.25) is 5.02 Å². The third-order valence-corrected chi connectivity index (χ3v) is 8.19. The number of rotatable bonds is 6. The number of hydrogen-bond acceptors (Lipinski definition) is 7. The highest BCUT2D eigenvalue weighted by Gasteiger charge is 2.46. The van der Waals surface area contributed by atoms with E-state index in [4.69, 9.17) is 17.3 Å². The van der Waals surface area contributed by atoms with Crippen molar-refractivity contribution in [1.29, 1.82) is 0 Å². The zero-order valence-corrected chi connectivity index (χ0v) is 20.3. The van der Waals surface area contributed by atoms with Gasteiger partial charge in [-0.15, -0.1) is 0 Å². The molecule has 1 saturated carbocycles. The molecule has 2 N–H and O–H groups in total. The van der Waals surface area contributed by atoms with Crippen LogP contribution < -0.4 is 16.2 Å². The van der Waals surface area contributed by atoms with Gasteiger partial charge in [0.2, 0.25) is 15.0 Å². The number of aromatic nitrogens is 2. The summed E-state index contributed by atoms with van der Waals surface area (Å²) in [6.45, 7) is 4.31. The maximum absolute atomic E-state index is 13.4. The van der Waals surface area contributed by atoms with Crippen LogP contribution in [0.1, 0.15) is 38.2 Å². The van der Waals surface area contributed by atoms with E-state index in [0.717, 1.165) is 35.9 Å². The van der Waals surface area contributed by atoms with E-state index in [9.17, 15) is 13.2 Å². The van der Waals surface area contributed by atoms with Crippen molar-refractivity contribution in [3.63, 3.8) is 0 Å². The molecule has 32 heavy (non-hydrogen) atoms. The minimum absolute atomic E-state index is 0.0921. The Balaban J connectivity index is 1.80. The Bertz CT molecular complexity index is 1190. The first-order chi connectivity index (χ1) is 15.0. The van der Waals surface area contributed by atoms with Crippen molar-refractivity contribution >= 4 is 32.9 Å². The first-order valence-electron chi connectivity index (χ1n) is 10.8. The third-order valence-electron chi connectivity index (χ3n) is 6.80. The van der Waals surface area contributed by atoms with Crippen LogP contribution in [0, 0.1) is 5.41 Å². The fraction of sp³-hybridized carbons (Fsp3) is 0.545. The summed E-state index contributed by atoms with van der Waals surface area (Å²) >= 11 is 6.45. The molecule has 1 atom stereocenters. The maximum atomic E-state index is 13.4. The molecule has 1 aliphatic carbocycles. The molecule has 1 saturated heterocycles. The second kappa shape index (κ2) is 8.35. The normalized spacial score (nSPS) is 19.1. The Morgan fingerprint density at radius 2 is 1.97 bits per heavy atom. The molecule has 174 valence electrons. The smallest absolute Gasteiger partial charge is 0.279 e. The van der Waals surface area contributed by atoms with Crippen LogP contribution in [0.15, 0.2) is 34.2 Å². The molecule has 1 aliphatic heterocycles. The molecule has 2 aromatic rings. The lowest BCUT2D eigenvalue weighted by Gasteiger charge is -2.43. The van der Waals surface area contributed by atoms with Gasteiger partial charge in [0.25, 0.3) is 5.56 Å². The molecule has 1 aromatic carbocycles. The summed E-state index contributed by atoms with van der Waals surface area (Å²) in [6, 6.07) is 7.49. The van der Waals surface area contributed by atoms with E-state index in [1.807, 2.05) is 29.2 Å². The number of likely N-dealkylation sites (tertiary alicyclic amines) is 1. The van der Waals surface area contributed by atoms with Gasteiger partial charge in [-0.3, -0.25) is 14.3 Å². The molecule has 8 nitrogen and oxygen atoms in total. The monoisotopic (exact) mass is 479 g/mol. The minimum atomic E-state index is -3.71. The lowest BCUT2D eigenvalue weighted by Crippen LogP contribution is -2.52. The van der Waals surface area contributed by atoms with Crippen LogP contribution in [0.25, 0.3) is 0 Å². The molecule has 1 aromatic heterocycles. The van der Waals surface area contributed by atoms with Crippen molar-refractivity contribution in [3.05, 3.63) is 45.2 Å². The number of sulfone groups is 1. The number of nitrogens with two attached hydrogens (primary N) is 1. The van der Waals surface area contributed by atoms with Crippen LogP contribution in [0.5, 0.6) is 0 Å². The Labute approximate surface area is 193 Å². The molecular formula is C22H30ClN5O3S. The first kappa shape index (κ1) is 23.1. The van der Waals surface area contributed by atoms with Crippen molar-refractivity contribution in [2.45, 2.75) is 50.5 Å². The average Bonchev–Trinajstić information content (AvgIpc) is 3.48. The summed E-state index contributed by atoms with van der Waals surface area (Å²) in [6.07, 6.45) is 5.72. The Kier molecular flexibility index (Phi) is 6.02. The van der Waals surface area contributed by atoms with Crippen molar-refractivity contribution < 1.29 is 8.42 Å². The van der Waals surface area contributed by atoms with E-state index in [0.29, 0.717) is 17.0 Å². The standard InChI is InChI=1S/C22H30ClN5O3S/c1-15(27-12-6-9-22(14-27)10-11-22)28(13-16-7-4-5-8-17(16)23)18-19(24)25-21(32(3,30)31)26(2)20(18)29/h4-5,7-8,15H,6,9-14,24H2,1-3H3. The Morgan fingerprint density at radius 3 is 2.59 bits per heavy atom. The van der Waals surface area contributed by atoms with Crippen LogP contribution in [-0.2, 0) is 23.4 Å². The molecule has 1 spiro atoms. The minimum Gasteiger partial charge on any atom is -0.382 e. The third kappa shape index (κ3) is 4.38. The van der Waals surface area contributed by atoms with Crippen molar-refractivity contribution in [1.82, 2.24) is 14.5 Å². The van der Waals surface area contributed by atoms with E-state index < -0.39 is 15.4 Å². The molecule has 4 rings (SSSR count). The van der Waals surface area contributed by atoms with Gasteiger partial charge in [-0.2, -0.15) is 0 Å². The summed E-state index contributed by atoms with van der Waals surface area (Å²) in [4.78, 5) is 21.8. The van der Waals surface area contributed by atoms with E-state index in [1.165, 1.54) is 26.3 Å². The fourth-order valence-electron chi connectivity index (χ4n) is 4.74. The number of piperidine rings is 1. The fourth-order valence-corrected chi connectivity index (χ4v) is 5.78. The van der Waals surface area contributed by atoms with Crippen LogP contribution in [0.3, 0.4) is 0 Å². The molecule has 1 unspecified atom stereocenters. The summed E-state index contributed by atoms with van der Waals surface area (Å²) < 4.78 is 25.3. The lowest BCUT2D eigenvalue weighted by atomic mass is 9.94. The van der Waals surface area contributed by atoms with Crippen LogP contribution in [0.4, 0.5) is 11.5 Å². The van der Waals surface area contributed by atoms with E-state index in [2.05, 4.69) is 16.8 Å². The number of hydrogen-bond donors (Lipinski definition) is 1. The number of halogens is 1. The number of nitrogen functional groups attached to an aromatic ring is 1. The van der Waals surface area contributed by atoms with Gasteiger partial charge in [-0.25, -0.2) is 13.4 Å². The average molecular weight is 480 g/mol. The second-order valence-corrected chi connectivity index (χ2v) is 11.5. The number of benzene rings is 1. The van der Waals surface area contributed by atoms with Gasteiger partial charge in [0.05, 0.1) is 6.17 Å². The summed E-state index contributed by atoms with van der Waals surface area (Å²) in [7, 11) is -2.30. The van der Waals surface area contributed by atoms with Gasteiger partial charge >= 0.3 is 0 Å². The van der Waals surface area contributed by atoms with Gasteiger partial charge in [0.15, 0.2) is 5.82 Å². The van der Waals surface area contributed by atoms with Gasteiger partial charge in [-0.1, -0.05) is 29.8 Å². The highest BCUT2D eigenvalue weighted by molar-refractivity contribution is 7.90. The SMILES string of the molecule is CC(N1CCCC2(CC2)C1)N(Cc1ccccc1Cl)c1c(N)nc(S(C)(=O)=O)n(C)c1=O. The molecule has 10 heteroatoms.